The van der Waals surface area contributed by atoms with Crippen LogP contribution in [0.4, 0.5) is 0 Å². The van der Waals surface area contributed by atoms with Crippen LogP contribution >= 0.6 is 39.1 Å². The minimum atomic E-state index is 0.0506. The van der Waals surface area contributed by atoms with Gasteiger partial charge in [0.05, 0.1) is 10.0 Å². The fraction of sp³-hybridized carbons (Fsp3) is 0.0714. The Morgan fingerprint density at radius 1 is 1.06 bits per heavy atom. The van der Waals surface area contributed by atoms with Crippen LogP contribution < -0.4 is 0 Å². The molecule has 0 heterocycles. The number of carbonyl (C=O) groups is 1. The SMILES string of the molecule is O=C(Cc1ccc(Cl)c(Cl)c1)c1cccc(Br)c1. The minimum absolute atomic E-state index is 0.0506. The van der Waals surface area contributed by atoms with Crippen LogP contribution in [0.15, 0.2) is 46.9 Å². The number of hydrogen-bond donors (Lipinski definition) is 0. The predicted molar refractivity (Wildman–Crippen MR) is 78.6 cm³/mol. The topological polar surface area (TPSA) is 17.1 Å². The lowest BCUT2D eigenvalue weighted by atomic mass is 10.0. The molecule has 2 aromatic carbocycles. The van der Waals surface area contributed by atoms with Gasteiger partial charge in [0.2, 0.25) is 0 Å². The van der Waals surface area contributed by atoms with E-state index in [1.165, 1.54) is 0 Å². The maximum Gasteiger partial charge on any atom is 0.167 e. The summed E-state index contributed by atoms with van der Waals surface area (Å²) in [6.07, 6.45) is 0.313. The van der Waals surface area contributed by atoms with E-state index in [9.17, 15) is 4.79 Å². The molecule has 0 aliphatic heterocycles. The van der Waals surface area contributed by atoms with Gasteiger partial charge in [-0.15, -0.1) is 0 Å². The summed E-state index contributed by atoms with van der Waals surface area (Å²) in [6, 6.07) is 12.6. The average Bonchev–Trinajstić information content (AvgIpc) is 2.34. The van der Waals surface area contributed by atoms with Gasteiger partial charge in [-0.25, -0.2) is 0 Å². The first-order valence-corrected chi connectivity index (χ1v) is 6.84. The van der Waals surface area contributed by atoms with Gasteiger partial charge in [-0.3, -0.25) is 4.79 Å². The van der Waals surface area contributed by atoms with E-state index in [4.69, 9.17) is 23.2 Å². The summed E-state index contributed by atoms with van der Waals surface area (Å²) in [6.45, 7) is 0. The number of ketones is 1. The van der Waals surface area contributed by atoms with Crippen LogP contribution in [0.2, 0.25) is 10.0 Å². The Hall–Kier alpha value is -0.830. The van der Waals surface area contributed by atoms with E-state index in [0.717, 1.165) is 10.0 Å². The van der Waals surface area contributed by atoms with Crippen molar-refractivity contribution in [3.8, 4) is 0 Å². The van der Waals surface area contributed by atoms with E-state index in [-0.39, 0.29) is 5.78 Å². The molecular weight excluding hydrogens is 335 g/mol. The molecule has 0 amide bonds. The first kappa shape index (κ1) is 13.6. The van der Waals surface area contributed by atoms with Gasteiger partial charge in [-0.05, 0) is 29.8 Å². The number of hydrogen-bond acceptors (Lipinski definition) is 1. The molecule has 0 aliphatic rings. The van der Waals surface area contributed by atoms with E-state index in [0.29, 0.717) is 22.0 Å². The Balaban J connectivity index is 2.18. The first-order valence-electron chi connectivity index (χ1n) is 5.29. The second-order valence-electron chi connectivity index (χ2n) is 3.86. The largest absolute Gasteiger partial charge is 0.294 e. The van der Waals surface area contributed by atoms with Crippen LogP contribution in [0.3, 0.4) is 0 Å². The quantitative estimate of drug-likeness (QED) is 0.701. The van der Waals surface area contributed by atoms with E-state index in [2.05, 4.69) is 15.9 Å². The van der Waals surface area contributed by atoms with Crippen LogP contribution in [0, 0.1) is 0 Å². The molecule has 0 unspecified atom stereocenters. The highest BCUT2D eigenvalue weighted by Crippen LogP contribution is 2.23. The molecule has 0 N–H and O–H groups in total. The second kappa shape index (κ2) is 5.87. The lowest BCUT2D eigenvalue weighted by Gasteiger charge is -2.04. The molecule has 0 aromatic heterocycles. The lowest BCUT2D eigenvalue weighted by Crippen LogP contribution is -2.03. The molecule has 2 aromatic rings. The number of benzene rings is 2. The molecule has 0 radical (unpaired) electrons. The van der Waals surface area contributed by atoms with Crippen molar-refractivity contribution in [2.75, 3.05) is 0 Å². The van der Waals surface area contributed by atoms with Crippen molar-refractivity contribution < 1.29 is 4.79 Å². The fourth-order valence-electron chi connectivity index (χ4n) is 1.60. The maximum atomic E-state index is 12.1. The van der Waals surface area contributed by atoms with Crippen molar-refractivity contribution >= 4 is 44.9 Å². The highest BCUT2D eigenvalue weighted by Gasteiger charge is 2.08. The number of carbonyl (C=O) groups excluding carboxylic acids is 1. The highest BCUT2D eigenvalue weighted by atomic mass is 79.9. The number of Topliss-reactive ketones (excluding diaryl/α,β-unsaturated/α-hetero) is 1. The normalized spacial score (nSPS) is 10.4. The zero-order valence-corrected chi connectivity index (χ0v) is 12.4. The molecule has 0 saturated heterocycles. The van der Waals surface area contributed by atoms with Crippen LogP contribution in [0.1, 0.15) is 15.9 Å². The molecule has 92 valence electrons. The summed E-state index contributed by atoms with van der Waals surface area (Å²) in [7, 11) is 0. The molecule has 0 aliphatic carbocycles. The predicted octanol–water partition coefficient (Wildman–Crippen LogP) is 5.18. The second-order valence-corrected chi connectivity index (χ2v) is 5.59. The zero-order chi connectivity index (χ0) is 13.1. The molecule has 4 heteroatoms. The summed E-state index contributed by atoms with van der Waals surface area (Å²) >= 11 is 15.1. The lowest BCUT2D eigenvalue weighted by molar-refractivity contribution is 0.0993. The van der Waals surface area contributed by atoms with Gasteiger partial charge in [-0.1, -0.05) is 57.3 Å². The van der Waals surface area contributed by atoms with Gasteiger partial charge in [-0.2, -0.15) is 0 Å². The molecule has 1 nitrogen and oxygen atoms in total. The van der Waals surface area contributed by atoms with Crippen LogP contribution in [-0.4, -0.2) is 5.78 Å². The maximum absolute atomic E-state index is 12.1. The van der Waals surface area contributed by atoms with Crippen LogP contribution in [0.5, 0.6) is 0 Å². The molecule has 0 spiro atoms. The molecule has 0 bridgehead atoms. The molecule has 0 saturated carbocycles. The summed E-state index contributed by atoms with van der Waals surface area (Å²) in [5.74, 6) is 0.0506. The van der Waals surface area contributed by atoms with Crippen molar-refractivity contribution in [3.63, 3.8) is 0 Å². The highest BCUT2D eigenvalue weighted by molar-refractivity contribution is 9.10. The third-order valence-electron chi connectivity index (χ3n) is 2.50. The number of rotatable bonds is 3. The molecule has 0 fully saturated rings. The van der Waals surface area contributed by atoms with Gasteiger partial charge in [0.15, 0.2) is 5.78 Å². The minimum Gasteiger partial charge on any atom is -0.294 e. The van der Waals surface area contributed by atoms with E-state index in [1.807, 2.05) is 18.2 Å². The van der Waals surface area contributed by atoms with E-state index in [1.54, 1.807) is 24.3 Å². The van der Waals surface area contributed by atoms with Gasteiger partial charge >= 0.3 is 0 Å². The summed E-state index contributed by atoms with van der Waals surface area (Å²) < 4.78 is 0.891. The van der Waals surface area contributed by atoms with Crippen molar-refractivity contribution in [2.24, 2.45) is 0 Å². The Morgan fingerprint density at radius 3 is 2.50 bits per heavy atom. The third kappa shape index (κ3) is 3.35. The molecule has 2 rings (SSSR count). The average molecular weight is 344 g/mol. The zero-order valence-electron chi connectivity index (χ0n) is 9.29. The summed E-state index contributed by atoms with van der Waals surface area (Å²) in [5, 5.41) is 0.964. The Morgan fingerprint density at radius 2 is 1.83 bits per heavy atom. The van der Waals surface area contributed by atoms with Crippen LogP contribution in [-0.2, 0) is 6.42 Å². The van der Waals surface area contributed by atoms with Gasteiger partial charge in [0.1, 0.15) is 0 Å². The van der Waals surface area contributed by atoms with Gasteiger partial charge < -0.3 is 0 Å². The van der Waals surface area contributed by atoms with E-state index < -0.39 is 0 Å². The van der Waals surface area contributed by atoms with Crippen molar-refractivity contribution in [2.45, 2.75) is 6.42 Å². The van der Waals surface area contributed by atoms with Crippen molar-refractivity contribution in [3.05, 3.63) is 68.1 Å². The van der Waals surface area contributed by atoms with Gasteiger partial charge in [0, 0.05) is 16.5 Å². The Labute approximate surface area is 124 Å². The Kier molecular flexibility index (Phi) is 4.44. The van der Waals surface area contributed by atoms with Gasteiger partial charge in [0.25, 0.3) is 0 Å². The monoisotopic (exact) mass is 342 g/mol. The smallest absolute Gasteiger partial charge is 0.167 e. The standard InChI is InChI=1S/C14H9BrCl2O/c15-11-3-1-2-10(8-11)14(18)7-9-4-5-12(16)13(17)6-9/h1-6,8H,7H2. The van der Waals surface area contributed by atoms with Crippen molar-refractivity contribution in [1.29, 1.82) is 0 Å². The Bertz CT molecular complexity index is 596. The van der Waals surface area contributed by atoms with E-state index >= 15 is 0 Å². The molecule has 0 atom stereocenters. The van der Waals surface area contributed by atoms with Crippen LogP contribution in [0.25, 0.3) is 0 Å². The fourth-order valence-corrected chi connectivity index (χ4v) is 2.32. The molecular formula is C14H9BrCl2O. The first-order chi connectivity index (χ1) is 8.56. The third-order valence-corrected chi connectivity index (χ3v) is 3.73. The van der Waals surface area contributed by atoms with Crippen molar-refractivity contribution in [1.82, 2.24) is 0 Å². The molecule has 18 heavy (non-hydrogen) atoms. The number of halogens is 3. The summed E-state index contributed by atoms with van der Waals surface area (Å²) in [4.78, 5) is 12.1. The summed E-state index contributed by atoms with van der Waals surface area (Å²) in [5.41, 5.74) is 1.53.